The molecule has 0 saturated carbocycles. The van der Waals surface area contributed by atoms with Gasteiger partial charge in [0.2, 0.25) is 5.75 Å². The summed E-state index contributed by atoms with van der Waals surface area (Å²) in [5.74, 6) is 0.670. The van der Waals surface area contributed by atoms with E-state index in [9.17, 15) is 5.11 Å². The molecule has 0 aliphatic rings. The van der Waals surface area contributed by atoms with Gasteiger partial charge < -0.3 is 5.32 Å². The highest BCUT2D eigenvalue weighted by Gasteiger charge is 2.05. The minimum atomic E-state index is -0.0350. The van der Waals surface area contributed by atoms with Gasteiger partial charge in [-0.25, -0.2) is 4.98 Å². The number of nitrogens with zero attached hydrogens (tertiary/aromatic N) is 1. The number of hydrogen-bond acceptors (Lipinski definition) is 2. The van der Waals surface area contributed by atoms with Gasteiger partial charge in [-0.1, -0.05) is 36.4 Å². The first kappa shape index (κ1) is 10.6. The number of pyridine rings is 1. The van der Waals surface area contributed by atoms with Crippen molar-refractivity contribution < 1.29 is 5.11 Å². The largest absolute Gasteiger partial charge is 0.337 e. The average molecular weight is 235 g/mol. The molecule has 0 bridgehead atoms. The highest BCUT2D eigenvalue weighted by Crippen LogP contribution is 2.29. The first-order chi connectivity index (χ1) is 8.84. The first-order valence-corrected chi connectivity index (χ1v) is 5.71. The molecule has 0 saturated heterocycles. The first-order valence-electron chi connectivity index (χ1n) is 5.71. The highest BCUT2D eigenvalue weighted by atomic mass is 16.3. The summed E-state index contributed by atoms with van der Waals surface area (Å²) in [6, 6.07) is 16.7. The van der Waals surface area contributed by atoms with Gasteiger partial charge in [0.1, 0.15) is 5.82 Å². The van der Waals surface area contributed by atoms with E-state index in [4.69, 9.17) is 0 Å². The number of para-hydroxylation sites is 2. The molecule has 1 heterocycles. The molecular weight excluding hydrogens is 224 g/mol. The molecule has 18 heavy (non-hydrogen) atoms. The van der Waals surface area contributed by atoms with Crippen molar-refractivity contribution in [2.24, 2.45) is 0 Å². The van der Waals surface area contributed by atoms with Crippen molar-refractivity contribution in [1.82, 2.24) is 4.98 Å². The van der Waals surface area contributed by atoms with Crippen molar-refractivity contribution in [2.75, 3.05) is 5.32 Å². The average Bonchev–Trinajstić information content (AvgIpc) is 2.42. The third-order valence-corrected chi connectivity index (χ3v) is 2.81. The van der Waals surface area contributed by atoms with E-state index in [0.29, 0.717) is 11.5 Å². The van der Waals surface area contributed by atoms with E-state index in [1.54, 1.807) is 18.3 Å². The Morgan fingerprint density at radius 2 is 1.67 bits per heavy atom. The number of hydrogen-bond donors (Lipinski definition) is 1. The van der Waals surface area contributed by atoms with Crippen LogP contribution in [0.25, 0.3) is 10.8 Å². The predicted molar refractivity (Wildman–Crippen MR) is 71.6 cm³/mol. The van der Waals surface area contributed by atoms with Crippen molar-refractivity contribution in [3.8, 4) is 5.75 Å². The lowest BCUT2D eigenvalue weighted by Crippen LogP contribution is -1.94. The SMILES string of the molecule is [O]c1ccccc1Nc1nccc2ccccc12. The summed E-state index contributed by atoms with van der Waals surface area (Å²) < 4.78 is 0. The van der Waals surface area contributed by atoms with Crippen LogP contribution in [0.4, 0.5) is 11.5 Å². The Labute approximate surface area is 105 Å². The fraction of sp³-hybridized carbons (Fsp3) is 0. The van der Waals surface area contributed by atoms with Crippen LogP contribution in [0.3, 0.4) is 0 Å². The van der Waals surface area contributed by atoms with E-state index in [1.807, 2.05) is 36.4 Å². The maximum atomic E-state index is 11.7. The summed E-state index contributed by atoms with van der Waals surface area (Å²) in [6.45, 7) is 0. The van der Waals surface area contributed by atoms with Crippen LogP contribution in [0.5, 0.6) is 5.75 Å². The van der Waals surface area contributed by atoms with Gasteiger partial charge in [0.05, 0.1) is 5.69 Å². The van der Waals surface area contributed by atoms with Crippen LogP contribution < -0.4 is 5.32 Å². The normalized spacial score (nSPS) is 10.4. The summed E-state index contributed by atoms with van der Waals surface area (Å²) in [4.78, 5) is 4.29. The van der Waals surface area contributed by atoms with Gasteiger partial charge >= 0.3 is 0 Å². The van der Waals surface area contributed by atoms with Crippen LogP contribution in [0.15, 0.2) is 60.8 Å². The maximum Gasteiger partial charge on any atom is 0.202 e. The summed E-state index contributed by atoms with van der Waals surface area (Å²) in [5, 5.41) is 16.9. The van der Waals surface area contributed by atoms with E-state index < -0.39 is 0 Å². The van der Waals surface area contributed by atoms with Gasteiger partial charge in [-0.15, -0.1) is 0 Å². The molecule has 0 spiro atoms. The van der Waals surface area contributed by atoms with Crippen molar-refractivity contribution >= 4 is 22.3 Å². The van der Waals surface area contributed by atoms with Crippen LogP contribution in [0, 0.1) is 0 Å². The minimum absolute atomic E-state index is 0.0350. The number of anilines is 2. The molecule has 1 radical (unpaired) electrons. The molecule has 0 amide bonds. The van der Waals surface area contributed by atoms with Gasteiger partial charge in [-0.05, 0) is 23.6 Å². The molecule has 1 aromatic heterocycles. The molecule has 0 unspecified atom stereocenters. The van der Waals surface area contributed by atoms with E-state index in [2.05, 4.69) is 10.3 Å². The number of benzene rings is 2. The Morgan fingerprint density at radius 1 is 0.889 bits per heavy atom. The zero-order valence-electron chi connectivity index (χ0n) is 9.63. The molecule has 0 aliphatic heterocycles. The van der Waals surface area contributed by atoms with Crippen LogP contribution in [-0.4, -0.2) is 4.98 Å². The Bertz CT molecular complexity index is 689. The van der Waals surface area contributed by atoms with E-state index in [1.165, 1.54) is 6.07 Å². The summed E-state index contributed by atoms with van der Waals surface area (Å²) in [6.07, 6.45) is 1.73. The number of aromatic nitrogens is 1. The van der Waals surface area contributed by atoms with Crippen LogP contribution in [-0.2, 0) is 5.11 Å². The van der Waals surface area contributed by atoms with Gasteiger partial charge in [-0.3, -0.25) is 5.11 Å². The third kappa shape index (κ3) is 1.86. The van der Waals surface area contributed by atoms with Crippen molar-refractivity contribution in [2.45, 2.75) is 0 Å². The summed E-state index contributed by atoms with van der Waals surface area (Å²) in [7, 11) is 0. The lowest BCUT2D eigenvalue weighted by Gasteiger charge is -2.08. The quantitative estimate of drug-likeness (QED) is 0.726. The highest BCUT2D eigenvalue weighted by molar-refractivity contribution is 5.93. The molecular formula is C15H11N2O. The Hall–Kier alpha value is -2.55. The zero-order valence-corrected chi connectivity index (χ0v) is 9.63. The molecule has 87 valence electrons. The molecule has 3 heteroatoms. The van der Waals surface area contributed by atoms with Crippen molar-refractivity contribution in [3.05, 3.63) is 60.8 Å². The lowest BCUT2D eigenvalue weighted by molar-refractivity contribution is 0.357. The van der Waals surface area contributed by atoms with Gasteiger partial charge in [0, 0.05) is 11.6 Å². The predicted octanol–water partition coefficient (Wildman–Crippen LogP) is 4.12. The second kappa shape index (κ2) is 4.37. The smallest absolute Gasteiger partial charge is 0.202 e. The number of fused-ring (bicyclic) bond motifs is 1. The Kier molecular flexibility index (Phi) is 2.57. The molecule has 3 nitrogen and oxygen atoms in total. The topological polar surface area (TPSA) is 44.8 Å². The van der Waals surface area contributed by atoms with Gasteiger partial charge in [0.15, 0.2) is 0 Å². The van der Waals surface area contributed by atoms with Crippen molar-refractivity contribution in [1.29, 1.82) is 0 Å². The Balaban J connectivity index is 2.08. The van der Waals surface area contributed by atoms with Crippen molar-refractivity contribution in [3.63, 3.8) is 0 Å². The molecule has 0 aliphatic carbocycles. The molecule has 0 fully saturated rings. The van der Waals surface area contributed by atoms with Gasteiger partial charge in [-0.2, -0.15) is 0 Å². The summed E-state index contributed by atoms with van der Waals surface area (Å²) >= 11 is 0. The van der Waals surface area contributed by atoms with Gasteiger partial charge in [0.25, 0.3) is 0 Å². The summed E-state index contributed by atoms with van der Waals surface area (Å²) in [5.41, 5.74) is 0.543. The van der Waals surface area contributed by atoms with E-state index >= 15 is 0 Å². The Morgan fingerprint density at radius 3 is 2.56 bits per heavy atom. The molecule has 0 atom stereocenters. The fourth-order valence-electron chi connectivity index (χ4n) is 1.92. The molecule has 2 aromatic carbocycles. The number of nitrogens with one attached hydrogen (secondary N) is 1. The molecule has 3 rings (SSSR count). The maximum absolute atomic E-state index is 11.7. The van der Waals surface area contributed by atoms with Crippen LogP contribution in [0.1, 0.15) is 0 Å². The third-order valence-electron chi connectivity index (χ3n) is 2.81. The lowest BCUT2D eigenvalue weighted by atomic mass is 10.1. The second-order valence-electron chi connectivity index (χ2n) is 4.00. The molecule has 3 aromatic rings. The second-order valence-corrected chi connectivity index (χ2v) is 4.00. The van der Waals surface area contributed by atoms with E-state index in [-0.39, 0.29) is 5.75 Å². The zero-order chi connectivity index (χ0) is 12.4. The van der Waals surface area contributed by atoms with E-state index in [0.717, 1.165) is 10.8 Å². The number of rotatable bonds is 2. The van der Waals surface area contributed by atoms with Crippen LogP contribution in [0.2, 0.25) is 0 Å². The van der Waals surface area contributed by atoms with Crippen LogP contribution >= 0.6 is 0 Å². The standard InChI is InChI=1S/C15H11N2O/c18-14-8-4-3-7-13(14)17-15-12-6-2-1-5-11(12)9-10-16-15/h1-10H,(H,16,17). The minimum Gasteiger partial charge on any atom is -0.337 e. The fourth-order valence-corrected chi connectivity index (χ4v) is 1.92. The molecule has 1 N–H and O–H groups in total. The monoisotopic (exact) mass is 235 g/mol.